The molecule has 1 fully saturated rings. The summed E-state index contributed by atoms with van der Waals surface area (Å²) in [6, 6.07) is 2.01. The molecule has 1 N–H and O–H groups in total. The van der Waals surface area contributed by atoms with Gasteiger partial charge in [-0.1, -0.05) is 24.0 Å². The second-order valence-corrected chi connectivity index (χ2v) is 7.13. The average Bonchev–Trinajstić information content (AvgIpc) is 2.76. The summed E-state index contributed by atoms with van der Waals surface area (Å²) in [6.45, 7) is 1.34. The highest BCUT2D eigenvalue weighted by Crippen LogP contribution is 2.38. The van der Waals surface area contributed by atoms with Gasteiger partial charge in [-0.25, -0.2) is 0 Å². The number of ether oxygens (including phenoxy) is 1. The van der Waals surface area contributed by atoms with Crippen molar-refractivity contribution < 1.29 is 24.5 Å². The molecule has 23 heavy (non-hydrogen) atoms. The van der Waals surface area contributed by atoms with Gasteiger partial charge < -0.3 is 19.7 Å². The number of phenolic OH excluding ortho intramolecular Hbond substituents is 1. The van der Waals surface area contributed by atoms with Crippen molar-refractivity contribution in [3.05, 3.63) is 27.1 Å². The molecular formula is C14H11BrNO5S2-. The number of carbonyl (C=O) groups is 2. The van der Waals surface area contributed by atoms with Crippen molar-refractivity contribution in [1.82, 2.24) is 4.90 Å². The van der Waals surface area contributed by atoms with Crippen molar-refractivity contribution in [1.29, 1.82) is 0 Å². The Kier molecular flexibility index (Phi) is 5.33. The molecule has 0 saturated carbocycles. The van der Waals surface area contributed by atoms with Crippen molar-refractivity contribution in [2.45, 2.75) is 13.0 Å². The molecule has 122 valence electrons. The Balaban J connectivity index is 2.38. The summed E-state index contributed by atoms with van der Waals surface area (Å²) in [4.78, 5) is 24.6. The predicted molar refractivity (Wildman–Crippen MR) is 91.8 cm³/mol. The highest BCUT2D eigenvalue weighted by Gasteiger charge is 2.35. The molecule has 1 aromatic rings. The largest absolute Gasteiger partial charge is 0.548 e. The SMILES string of the molecule is COc1cc(/C=C2/SC(=S)N([C@@H](C)C(=O)[O-])C2=O)cc(Br)c1O. The maximum absolute atomic E-state index is 12.3. The van der Waals surface area contributed by atoms with Crippen LogP contribution in [0.4, 0.5) is 0 Å². The lowest BCUT2D eigenvalue weighted by molar-refractivity contribution is -0.309. The Bertz CT molecular complexity index is 734. The Morgan fingerprint density at radius 3 is 2.78 bits per heavy atom. The normalized spacial score (nSPS) is 17.7. The Morgan fingerprint density at radius 2 is 2.22 bits per heavy atom. The highest BCUT2D eigenvalue weighted by molar-refractivity contribution is 9.10. The molecule has 0 spiro atoms. The highest BCUT2D eigenvalue weighted by atomic mass is 79.9. The maximum atomic E-state index is 12.3. The molecule has 1 aliphatic heterocycles. The molecule has 9 heteroatoms. The summed E-state index contributed by atoms with van der Waals surface area (Å²) in [5.41, 5.74) is 0.591. The first-order valence-electron chi connectivity index (χ1n) is 6.30. The number of carboxylic acids is 1. The number of methoxy groups -OCH3 is 1. The van der Waals surface area contributed by atoms with E-state index in [9.17, 15) is 19.8 Å². The maximum Gasteiger partial charge on any atom is 0.266 e. The molecular weight excluding hydrogens is 406 g/mol. The minimum atomic E-state index is -1.38. The monoisotopic (exact) mass is 416 g/mol. The lowest BCUT2D eigenvalue weighted by atomic mass is 10.1. The molecule has 0 radical (unpaired) electrons. The number of rotatable bonds is 4. The molecule has 1 saturated heterocycles. The fraction of sp³-hybridized carbons (Fsp3) is 0.214. The minimum Gasteiger partial charge on any atom is -0.548 e. The fourth-order valence-corrected chi connectivity index (χ4v) is 3.78. The van der Waals surface area contributed by atoms with Crippen LogP contribution in [0.3, 0.4) is 0 Å². The van der Waals surface area contributed by atoms with E-state index in [2.05, 4.69) is 15.9 Å². The predicted octanol–water partition coefficient (Wildman–Crippen LogP) is 1.50. The number of thioether (sulfide) groups is 1. The number of carboxylic acid groups (broad SMARTS) is 1. The molecule has 0 bridgehead atoms. The zero-order chi connectivity index (χ0) is 17.3. The van der Waals surface area contributed by atoms with Gasteiger partial charge in [0, 0.05) is 0 Å². The van der Waals surface area contributed by atoms with Gasteiger partial charge >= 0.3 is 0 Å². The second-order valence-electron chi connectivity index (χ2n) is 4.60. The number of aliphatic carboxylic acids is 1. The van der Waals surface area contributed by atoms with E-state index in [1.165, 1.54) is 14.0 Å². The van der Waals surface area contributed by atoms with Crippen molar-refractivity contribution in [2.75, 3.05) is 7.11 Å². The van der Waals surface area contributed by atoms with E-state index >= 15 is 0 Å². The molecule has 1 aromatic carbocycles. The average molecular weight is 417 g/mol. The van der Waals surface area contributed by atoms with Gasteiger partial charge in [-0.3, -0.25) is 9.69 Å². The second kappa shape index (κ2) is 6.90. The van der Waals surface area contributed by atoms with Crippen LogP contribution in [0.2, 0.25) is 0 Å². The lowest BCUT2D eigenvalue weighted by Crippen LogP contribution is -2.48. The number of phenols is 1. The van der Waals surface area contributed by atoms with E-state index in [1.807, 2.05) is 0 Å². The number of benzene rings is 1. The smallest absolute Gasteiger partial charge is 0.266 e. The third-order valence-corrected chi connectivity index (χ3v) is 5.06. The summed E-state index contributed by atoms with van der Waals surface area (Å²) >= 11 is 9.26. The number of halogens is 1. The van der Waals surface area contributed by atoms with Crippen LogP contribution in [0.1, 0.15) is 12.5 Å². The Labute approximate surface area is 150 Å². The molecule has 1 heterocycles. The van der Waals surface area contributed by atoms with Crippen LogP contribution in [-0.4, -0.2) is 39.4 Å². The molecule has 0 unspecified atom stereocenters. The van der Waals surface area contributed by atoms with E-state index in [1.54, 1.807) is 18.2 Å². The van der Waals surface area contributed by atoms with Crippen LogP contribution in [0.25, 0.3) is 6.08 Å². The molecule has 1 aliphatic rings. The third-order valence-electron chi connectivity index (χ3n) is 3.12. The zero-order valence-electron chi connectivity index (χ0n) is 12.0. The lowest BCUT2D eigenvalue weighted by Gasteiger charge is -2.23. The van der Waals surface area contributed by atoms with Crippen molar-refractivity contribution >= 4 is 62.2 Å². The molecule has 6 nitrogen and oxygen atoms in total. The van der Waals surface area contributed by atoms with Gasteiger partial charge in [-0.15, -0.1) is 0 Å². The Morgan fingerprint density at radius 1 is 1.57 bits per heavy atom. The standard InChI is InChI=1S/C14H12BrNO5S2/c1-6(13(19)20)16-12(18)10(23-14(16)22)5-7-3-8(15)11(17)9(4-7)21-2/h3-6,17H,1-2H3,(H,19,20)/p-1/b10-5+/t6-/m0/s1. The quantitative estimate of drug-likeness (QED) is 0.587. The van der Waals surface area contributed by atoms with E-state index in [-0.39, 0.29) is 20.7 Å². The van der Waals surface area contributed by atoms with Crippen molar-refractivity contribution in [3.63, 3.8) is 0 Å². The molecule has 2 rings (SSSR count). The van der Waals surface area contributed by atoms with Gasteiger partial charge in [0.25, 0.3) is 5.91 Å². The van der Waals surface area contributed by atoms with E-state index in [4.69, 9.17) is 17.0 Å². The summed E-state index contributed by atoms with van der Waals surface area (Å²) < 4.78 is 5.61. The van der Waals surface area contributed by atoms with Gasteiger partial charge in [0.05, 0.1) is 28.5 Å². The van der Waals surface area contributed by atoms with E-state index in [0.29, 0.717) is 10.0 Å². The number of amides is 1. The number of carbonyl (C=O) groups excluding carboxylic acids is 2. The Hall–Kier alpha value is -1.58. The number of nitrogens with zero attached hydrogens (tertiary/aromatic N) is 1. The molecule has 0 aliphatic carbocycles. The third kappa shape index (κ3) is 3.51. The van der Waals surface area contributed by atoms with Gasteiger partial charge in [0.1, 0.15) is 4.32 Å². The van der Waals surface area contributed by atoms with Crippen LogP contribution in [0.5, 0.6) is 11.5 Å². The van der Waals surface area contributed by atoms with Crippen LogP contribution < -0.4 is 9.84 Å². The van der Waals surface area contributed by atoms with Gasteiger partial charge in [-0.05, 0) is 46.6 Å². The zero-order valence-corrected chi connectivity index (χ0v) is 15.3. The molecule has 1 amide bonds. The number of hydrogen-bond donors (Lipinski definition) is 1. The van der Waals surface area contributed by atoms with Gasteiger partial charge in [0.15, 0.2) is 11.5 Å². The van der Waals surface area contributed by atoms with Crippen molar-refractivity contribution in [3.8, 4) is 11.5 Å². The summed E-state index contributed by atoms with van der Waals surface area (Å²) in [5.74, 6) is -1.69. The van der Waals surface area contributed by atoms with Crippen molar-refractivity contribution in [2.24, 2.45) is 0 Å². The first-order valence-corrected chi connectivity index (χ1v) is 8.32. The van der Waals surface area contributed by atoms with Gasteiger partial charge in [0.2, 0.25) is 0 Å². The van der Waals surface area contributed by atoms with Crippen LogP contribution in [0, 0.1) is 0 Å². The number of hydrogen-bond acceptors (Lipinski definition) is 7. The first-order chi connectivity index (χ1) is 10.8. The number of thiocarbonyl (C=S) groups is 1. The first kappa shape index (κ1) is 17.8. The summed E-state index contributed by atoms with van der Waals surface area (Å²) in [6.07, 6.45) is 1.55. The van der Waals surface area contributed by atoms with E-state index in [0.717, 1.165) is 16.7 Å². The molecule has 1 atom stereocenters. The van der Waals surface area contributed by atoms with E-state index < -0.39 is 17.9 Å². The van der Waals surface area contributed by atoms with Crippen LogP contribution in [0.15, 0.2) is 21.5 Å². The van der Waals surface area contributed by atoms with Gasteiger partial charge in [-0.2, -0.15) is 0 Å². The fourth-order valence-electron chi connectivity index (χ4n) is 1.90. The summed E-state index contributed by atoms with van der Waals surface area (Å²) in [7, 11) is 1.41. The summed E-state index contributed by atoms with van der Waals surface area (Å²) in [5, 5.41) is 20.8. The minimum absolute atomic E-state index is 0.0530. The topological polar surface area (TPSA) is 89.9 Å². The number of aromatic hydroxyl groups is 1. The molecule has 0 aromatic heterocycles. The van der Waals surface area contributed by atoms with Crippen LogP contribution >= 0.6 is 39.9 Å². The van der Waals surface area contributed by atoms with Crippen LogP contribution in [-0.2, 0) is 9.59 Å².